The average molecular weight is 364 g/mol. The van der Waals surface area contributed by atoms with Crippen LogP contribution in [0, 0.1) is 0 Å². The van der Waals surface area contributed by atoms with Crippen molar-refractivity contribution >= 4 is 5.91 Å². The molecule has 2 aromatic carbocycles. The average Bonchev–Trinajstić information content (AvgIpc) is 3.15. The lowest BCUT2D eigenvalue weighted by Gasteiger charge is -2.10. The molecule has 0 radical (unpaired) electrons. The van der Waals surface area contributed by atoms with E-state index in [0.717, 1.165) is 22.6 Å². The van der Waals surface area contributed by atoms with Gasteiger partial charge >= 0.3 is 0 Å². The maximum atomic E-state index is 12.1. The third-order valence-electron chi connectivity index (χ3n) is 3.96. The number of oxazole rings is 1. The van der Waals surface area contributed by atoms with E-state index in [1.807, 2.05) is 68.4 Å². The molecule has 5 nitrogen and oxygen atoms in total. The molecule has 0 unspecified atom stereocenters. The highest BCUT2D eigenvalue weighted by atomic mass is 16.5. The number of ether oxygens (including phenoxy) is 1. The van der Waals surface area contributed by atoms with Gasteiger partial charge in [-0.05, 0) is 31.5 Å². The molecule has 0 aliphatic rings. The summed E-state index contributed by atoms with van der Waals surface area (Å²) in [5.41, 5.74) is 2.01. The second-order valence-corrected chi connectivity index (χ2v) is 6.57. The van der Waals surface area contributed by atoms with Gasteiger partial charge in [-0.1, -0.05) is 42.5 Å². The fourth-order valence-corrected chi connectivity index (χ4v) is 2.63. The van der Waals surface area contributed by atoms with E-state index in [-0.39, 0.29) is 12.0 Å². The highest BCUT2D eigenvalue weighted by Crippen LogP contribution is 2.20. The minimum atomic E-state index is -0.0306. The van der Waals surface area contributed by atoms with Crippen LogP contribution >= 0.6 is 0 Å². The van der Waals surface area contributed by atoms with Crippen molar-refractivity contribution in [2.75, 3.05) is 0 Å². The summed E-state index contributed by atoms with van der Waals surface area (Å²) in [6.45, 7) is 4.47. The van der Waals surface area contributed by atoms with Crippen LogP contribution in [0.2, 0.25) is 0 Å². The number of rotatable bonds is 8. The molecule has 0 spiro atoms. The van der Waals surface area contributed by atoms with Crippen molar-refractivity contribution in [3.05, 3.63) is 72.2 Å². The third kappa shape index (κ3) is 5.71. The number of carbonyl (C=O) groups excluding carboxylic acids is 1. The van der Waals surface area contributed by atoms with Crippen molar-refractivity contribution in [2.24, 2.45) is 0 Å². The highest BCUT2D eigenvalue weighted by molar-refractivity contribution is 5.76. The SMILES string of the molecule is CC(C)Oc1ccc(CNC(=O)CCc2ncc(-c3ccccc3)o2)cc1. The van der Waals surface area contributed by atoms with Crippen molar-refractivity contribution in [2.45, 2.75) is 39.3 Å². The van der Waals surface area contributed by atoms with E-state index >= 15 is 0 Å². The van der Waals surface area contributed by atoms with Crippen LogP contribution in [0.3, 0.4) is 0 Å². The molecular weight excluding hydrogens is 340 g/mol. The summed E-state index contributed by atoms with van der Waals surface area (Å²) in [4.78, 5) is 16.3. The third-order valence-corrected chi connectivity index (χ3v) is 3.96. The Morgan fingerprint density at radius 2 is 1.85 bits per heavy atom. The van der Waals surface area contributed by atoms with E-state index in [9.17, 15) is 4.79 Å². The topological polar surface area (TPSA) is 64.4 Å². The molecule has 3 aromatic rings. The first-order chi connectivity index (χ1) is 13.1. The predicted molar refractivity (Wildman–Crippen MR) is 104 cm³/mol. The number of benzene rings is 2. The summed E-state index contributed by atoms with van der Waals surface area (Å²) in [7, 11) is 0. The number of hydrogen-bond donors (Lipinski definition) is 1. The van der Waals surface area contributed by atoms with Gasteiger partial charge in [-0.3, -0.25) is 4.79 Å². The molecule has 27 heavy (non-hydrogen) atoms. The van der Waals surface area contributed by atoms with E-state index in [4.69, 9.17) is 9.15 Å². The summed E-state index contributed by atoms with van der Waals surface area (Å²) < 4.78 is 11.3. The van der Waals surface area contributed by atoms with Crippen LogP contribution in [0.4, 0.5) is 0 Å². The van der Waals surface area contributed by atoms with Gasteiger partial charge in [0.15, 0.2) is 11.7 Å². The Labute approximate surface area is 159 Å². The minimum Gasteiger partial charge on any atom is -0.491 e. The largest absolute Gasteiger partial charge is 0.491 e. The van der Waals surface area contributed by atoms with Gasteiger partial charge in [-0.15, -0.1) is 0 Å². The van der Waals surface area contributed by atoms with Crippen LogP contribution in [0.15, 0.2) is 65.2 Å². The molecule has 0 saturated carbocycles. The van der Waals surface area contributed by atoms with Gasteiger partial charge in [0.05, 0.1) is 12.3 Å². The zero-order chi connectivity index (χ0) is 19.1. The van der Waals surface area contributed by atoms with E-state index in [1.54, 1.807) is 6.20 Å². The quantitative estimate of drug-likeness (QED) is 0.644. The van der Waals surface area contributed by atoms with Gasteiger partial charge in [-0.2, -0.15) is 0 Å². The van der Waals surface area contributed by atoms with Crippen LogP contribution < -0.4 is 10.1 Å². The Bertz CT molecular complexity index is 855. The van der Waals surface area contributed by atoms with Gasteiger partial charge in [0, 0.05) is 24.9 Å². The molecule has 0 aliphatic carbocycles. The summed E-state index contributed by atoms with van der Waals surface area (Å²) in [6, 6.07) is 17.5. The van der Waals surface area contributed by atoms with Gasteiger partial charge in [0.25, 0.3) is 0 Å². The van der Waals surface area contributed by atoms with Crippen LogP contribution in [0.25, 0.3) is 11.3 Å². The smallest absolute Gasteiger partial charge is 0.220 e. The lowest BCUT2D eigenvalue weighted by molar-refractivity contribution is -0.121. The minimum absolute atomic E-state index is 0.0306. The first-order valence-corrected chi connectivity index (χ1v) is 9.12. The van der Waals surface area contributed by atoms with Crippen molar-refractivity contribution in [1.82, 2.24) is 10.3 Å². The van der Waals surface area contributed by atoms with Crippen molar-refractivity contribution < 1.29 is 13.9 Å². The number of amides is 1. The van der Waals surface area contributed by atoms with E-state index in [1.165, 1.54) is 0 Å². The molecule has 1 amide bonds. The van der Waals surface area contributed by atoms with Gasteiger partial charge in [-0.25, -0.2) is 4.98 Å². The summed E-state index contributed by atoms with van der Waals surface area (Å²) in [6.07, 6.45) is 2.65. The molecule has 1 aromatic heterocycles. The Morgan fingerprint density at radius 3 is 2.56 bits per heavy atom. The number of nitrogens with one attached hydrogen (secondary N) is 1. The summed E-state index contributed by atoms with van der Waals surface area (Å²) in [5.74, 6) is 2.09. The summed E-state index contributed by atoms with van der Waals surface area (Å²) >= 11 is 0. The molecule has 5 heteroatoms. The standard InChI is InChI=1S/C22H24N2O3/c1-16(2)26-19-10-8-17(9-11-19)14-23-21(25)12-13-22-24-15-20(27-22)18-6-4-3-5-7-18/h3-11,15-16H,12-14H2,1-2H3,(H,23,25). The molecule has 0 fully saturated rings. The number of hydrogen-bond acceptors (Lipinski definition) is 4. The second-order valence-electron chi connectivity index (χ2n) is 6.57. The maximum Gasteiger partial charge on any atom is 0.220 e. The van der Waals surface area contributed by atoms with Crippen LogP contribution in [-0.4, -0.2) is 17.0 Å². The maximum absolute atomic E-state index is 12.1. The van der Waals surface area contributed by atoms with E-state index < -0.39 is 0 Å². The Hall–Kier alpha value is -3.08. The van der Waals surface area contributed by atoms with Crippen LogP contribution in [0.5, 0.6) is 5.75 Å². The zero-order valence-electron chi connectivity index (χ0n) is 15.6. The van der Waals surface area contributed by atoms with Gasteiger partial charge in [0.1, 0.15) is 5.75 Å². The highest BCUT2D eigenvalue weighted by Gasteiger charge is 2.09. The molecule has 1 N–H and O–H groups in total. The van der Waals surface area contributed by atoms with Gasteiger partial charge in [0.2, 0.25) is 5.91 Å². The Kier molecular flexibility index (Phi) is 6.26. The molecule has 0 saturated heterocycles. The zero-order valence-corrected chi connectivity index (χ0v) is 15.6. The van der Waals surface area contributed by atoms with Gasteiger partial charge < -0.3 is 14.5 Å². The number of aryl methyl sites for hydroxylation is 1. The molecule has 0 bridgehead atoms. The molecular formula is C22H24N2O3. The fraction of sp³-hybridized carbons (Fsp3) is 0.273. The van der Waals surface area contributed by atoms with Crippen LogP contribution in [-0.2, 0) is 17.8 Å². The number of aromatic nitrogens is 1. The van der Waals surface area contributed by atoms with E-state index in [2.05, 4.69) is 10.3 Å². The normalized spacial score (nSPS) is 10.8. The van der Waals surface area contributed by atoms with Crippen molar-refractivity contribution in [3.8, 4) is 17.1 Å². The first kappa shape index (κ1) is 18.7. The molecule has 140 valence electrons. The summed E-state index contributed by atoms with van der Waals surface area (Å²) in [5, 5.41) is 2.92. The first-order valence-electron chi connectivity index (χ1n) is 9.12. The monoisotopic (exact) mass is 364 g/mol. The second kappa shape index (κ2) is 9.03. The molecule has 1 heterocycles. The van der Waals surface area contributed by atoms with Crippen molar-refractivity contribution in [1.29, 1.82) is 0 Å². The molecule has 3 rings (SSSR count). The van der Waals surface area contributed by atoms with Crippen LogP contribution in [0.1, 0.15) is 31.7 Å². The predicted octanol–water partition coefficient (Wildman–Crippen LogP) is 4.38. The lowest BCUT2D eigenvalue weighted by Crippen LogP contribution is -2.23. The lowest BCUT2D eigenvalue weighted by atomic mass is 10.2. The number of carbonyl (C=O) groups is 1. The Morgan fingerprint density at radius 1 is 1.11 bits per heavy atom. The molecule has 0 aliphatic heterocycles. The van der Waals surface area contributed by atoms with E-state index in [0.29, 0.717) is 25.3 Å². The van der Waals surface area contributed by atoms with Crippen molar-refractivity contribution in [3.63, 3.8) is 0 Å². The fourth-order valence-electron chi connectivity index (χ4n) is 2.63. The number of nitrogens with zero attached hydrogens (tertiary/aromatic N) is 1. The Balaban J connectivity index is 1.44. The molecule has 0 atom stereocenters.